The van der Waals surface area contributed by atoms with Crippen molar-refractivity contribution in [2.45, 2.75) is 25.8 Å². The number of nitrogens with two attached hydrogens (primary N) is 1. The van der Waals surface area contributed by atoms with E-state index in [1.165, 1.54) is 0 Å². The first-order valence-electron chi connectivity index (χ1n) is 6.15. The van der Waals surface area contributed by atoms with Crippen molar-refractivity contribution in [3.63, 3.8) is 0 Å². The Morgan fingerprint density at radius 3 is 2.61 bits per heavy atom. The molecule has 2 unspecified atom stereocenters. The van der Waals surface area contributed by atoms with Crippen LogP contribution in [-0.2, 0) is 10.0 Å². The summed E-state index contributed by atoms with van der Waals surface area (Å²) in [6.07, 6.45) is 8.11. The van der Waals surface area contributed by atoms with Gasteiger partial charge in [0.25, 0.3) is 0 Å². The van der Waals surface area contributed by atoms with E-state index in [-0.39, 0.29) is 11.5 Å². The first-order valence-corrected chi connectivity index (χ1v) is 8.04. The number of hydrogen-bond acceptors (Lipinski definition) is 4. The molecule has 4 N–H and O–H groups in total. The average Bonchev–Trinajstić information content (AvgIpc) is 2.28. The highest BCUT2D eigenvalue weighted by Gasteiger charge is 2.28. The minimum absolute atomic E-state index is 0.262. The molecule has 0 aromatic rings. The molecule has 2 atom stereocenters. The maximum atomic E-state index is 10.9. The Hall–Kier alpha value is -0.850. The van der Waals surface area contributed by atoms with Crippen molar-refractivity contribution in [1.29, 1.82) is 0 Å². The molecule has 0 spiro atoms. The molecule has 0 aromatic heterocycles. The summed E-state index contributed by atoms with van der Waals surface area (Å²) in [6, 6.07) is 0. The fourth-order valence-corrected chi connectivity index (χ4v) is 2.35. The minimum Gasteiger partial charge on any atom is -0.384 e. The van der Waals surface area contributed by atoms with Crippen LogP contribution in [0.1, 0.15) is 20.3 Å². The van der Waals surface area contributed by atoms with Gasteiger partial charge in [-0.1, -0.05) is 26.0 Å². The van der Waals surface area contributed by atoms with Gasteiger partial charge in [0, 0.05) is 24.3 Å². The Morgan fingerprint density at radius 1 is 1.44 bits per heavy atom. The van der Waals surface area contributed by atoms with Crippen molar-refractivity contribution >= 4 is 10.0 Å². The van der Waals surface area contributed by atoms with E-state index < -0.39 is 10.0 Å². The first kappa shape index (κ1) is 15.2. The maximum absolute atomic E-state index is 10.9. The van der Waals surface area contributed by atoms with Crippen LogP contribution in [0.3, 0.4) is 0 Å². The second kappa shape index (κ2) is 5.86. The number of allylic oxidation sites excluding steroid dienone is 1. The molecular weight excluding hydrogens is 250 g/mol. The number of hydrogen-bond donors (Lipinski definition) is 3. The summed E-state index contributed by atoms with van der Waals surface area (Å²) in [7, 11) is -3.11. The van der Waals surface area contributed by atoms with E-state index in [4.69, 9.17) is 5.73 Å². The Balaban J connectivity index is 2.42. The molecule has 1 rings (SSSR count). The lowest BCUT2D eigenvalue weighted by Crippen LogP contribution is -2.44. The molecule has 18 heavy (non-hydrogen) atoms. The molecule has 1 aliphatic carbocycles. The van der Waals surface area contributed by atoms with Crippen molar-refractivity contribution < 1.29 is 8.42 Å². The van der Waals surface area contributed by atoms with Gasteiger partial charge in [-0.3, -0.25) is 0 Å². The summed E-state index contributed by atoms with van der Waals surface area (Å²) < 4.78 is 24.2. The lowest BCUT2D eigenvalue weighted by atomic mass is 9.80. The summed E-state index contributed by atoms with van der Waals surface area (Å²) in [5.41, 5.74) is 6.95. The van der Waals surface area contributed by atoms with Crippen molar-refractivity contribution in [2.24, 2.45) is 11.7 Å². The fourth-order valence-electron chi connectivity index (χ4n) is 1.88. The third-order valence-electron chi connectivity index (χ3n) is 3.28. The highest BCUT2D eigenvalue weighted by atomic mass is 32.2. The lowest BCUT2D eigenvalue weighted by molar-refractivity contribution is 0.399. The predicted molar refractivity (Wildman–Crippen MR) is 74.4 cm³/mol. The second-order valence-electron chi connectivity index (χ2n) is 4.80. The standard InChI is InChI=1S/C12H23N3O2S/c1-4-12(13)6-5-11(9-10(12)2)14-7-8-15-18(3,16)17/h5-6,9-10,14-15H,4,7-8,13H2,1-3H3. The van der Waals surface area contributed by atoms with Crippen LogP contribution >= 0.6 is 0 Å². The van der Waals surface area contributed by atoms with Gasteiger partial charge in [0.2, 0.25) is 10.0 Å². The van der Waals surface area contributed by atoms with Crippen LogP contribution in [0.4, 0.5) is 0 Å². The topological polar surface area (TPSA) is 84.2 Å². The normalized spacial score (nSPS) is 28.0. The molecule has 0 heterocycles. The monoisotopic (exact) mass is 273 g/mol. The van der Waals surface area contributed by atoms with Crippen LogP contribution in [0.15, 0.2) is 23.9 Å². The zero-order valence-corrected chi connectivity index (χ0v) is 12.0. The Bertz CT molecular complexity index is 442. The van der Waals surface area contributed by atoms with Crippen LogP contribution in [-0.4, -0.2) is 33.3 Å². The van der Waals surface area contributed by atoms with Gasteiger partial charge in [0.05, 0.1) is 6.26 Å². The Kier molecular flexibility index (Phi) is 4.95. The summed E-state index contributed by atoms with van der Waals surface area (Å²) in [5, 5.41) is 3.18. The van der Waals surface area contributed by atoms with Crippen LogP contribution in [0.2, 0.25) is 0 Å². The van der Waals surface area contributed by atoms with E-state index in [0.29, 0.717) is 13.1 Å². The zero-order valence-electron chi connectivity index (χ0n) is 11.2. The van der Waals surface area contributed by atoms with Gasteiger partial charge in [-0.05, 0) is 18.4 Å². The van der Waals surface area contributed by atoms with E-state index in [2.05, 4.69) is 30.0 Å². The third-order valence-corrected chi connectivity index (χ3v) is 4.01. The third kappa shape index (κ3) is 4.44. The Morgan fingerprint density at radius 2 is 2.11 bits per heavy atom. The quantitative estimate of drug-likeness (QED) is 0.609. The minimum atomic E-state index is -3.11. The van der Waals surface area contributed by atoms with Gasteiger partial charge in [-0.25, -0.2) is 13.1 Å². The first-order chi connectivity index (χ1) is 8.27. The molecule has 104 valence electrons. The molecular formula is C12H23N3O2S. The van der Waals surface area contributed by atoms with Crippen LogP contribution in [0.5, 0.6) is 0 Å². The van der Waals surface area contributed by atoms with Crippen molar-refractivity contribution in [2.75, 3.05) is 19.3 Å². The lowest BCUT2D eigenvalue weighted by Gasteiger charge is -2.33. The molecule has 0 fully saturated rings. The number of sulfonamides is 1. The van der Waals surface area contributed by atoms with Gasteiger partial charge in [0.15, 0.2) is 0 Å². The number of rotatable bonds is 6. The van der Waals surface area contributed by atoms with Gasteiger partial charge >= 0.3 is 0 Å². The summed E-state index contributed by atoms with van der Waals surface area (Å²) in [5.74, 6) is 0.262. The van der Waals surface area contributed by atoms with E-state index in [9.17, 15) is 8.42 Å². The molecule has 0 amide bonds. The van der Waals surface area contributed by atoms with Gasteiger partial charge in [-0.2, -0.15) is 0 Å². The molecule has 0 radical (unpaired) electrons. The highest BCUT2D eigenvalue weighted by molar-refractivity contribution is 7.88. The molecule has 1 aliphatic rings. The molecule has 6 heteroatoms. The van der Waals surface area contributed by atoms with Gasteiger partial charge in [-0.15, -0.1) is 0 Å². The molecule has 0 aromatic carbocycles. The summed E-state index contributed by atoms with van der Waals surface area (Å²) in [6.45, 7) is 5.09. The Labute approximate surface area is 110 Å². The molecule has 0 saturated carbocycles. The van der Waals surface area contributed by atoms with E-state index in [1.54, 1.807) is 0 Å². The van der Waals surface area contributed by atoms with Gasteiger partial charge in [0.1, 0.15) is 0 Å². The largest absolute Gasteiger partial charge is 0.384 e. The number of nitrogens with one attached hydrogen (secondary N) is 2. The summed E-state index contributed by atoms with van der Waals surface area (Å²) in [4.78, 5) is 0. The van der Waals surface area contributed by atoms with Crippen LogP contribution < -0.4 is 15.8 Å². The molecule has 0 bridgehead atoms. The smallest absolute Gasteiger partial charge is 0.208 e. The van der Waals surface area contributed by atoms with Crippen LogP contribution in [0.25, 0.3) is 0 Å². The predicted octanol–water partition coefficient (Wildman–Crippen LogP) is 0.323. The van der Waals surface area contributed by atoms with E-state index >= 15 is 0 Å². The van der Waals surface area contributed by atoms with E-state index in [0.717, 1.165) is 18.4 Å². The van der Waals surface area contributed by atoms with Crippen molar-refractivity contribution in [1.82, 2.24) is 10.0 Å². The molecule has 0 saturated heterocycles. The van der Waals surface area contributed by atoms with E-state index in [1.807, 2.05) is 12.2 Å². The molecule has 5 nitrogen and oxygen atoms in total. The van der Waals surface area contributed by atoms with Crippen molar-refractivity contribution in [3.8, 4) is 0 Å². The van der Waals surface area contributed by atoms with Gasteiger partial charge < -0.3 is 11.1 Å². The summed E-state index contributed by atoms with van der Waals surface area (Å²) >= 11 is 0. The SMILES string of the molecule is CCC1(N)C=CC(NCCNS(C)(=O)=O)=CC1C. The highest BCUT2D eigenvalue weighted by Crippen LogP contribution is 2.26. The maximum Gasteiger partial charge on any atom is 0.208 e. The molecule has 0 aliphatic heterocycles. The second-order valence-corrected chi connectivity index (χ2v) is 6.64. The van der Waals surface area contributed by atoms with Crippen molar-refractivity contribution in [3.05, 3.63) is 23.9 Å². The van der Waals surface area contributed by atoms with Crippen LogP contribution in [0, 0.1) is 5.92 Å². The zero-order chi connectivity index (χ0) is 13.8. The fraction of sp³-hybridized carbons (Fsp3) is 0.667. The average molecular weight is 273 g/mol.